The molecule has 1 aliphatic heterocycles. The summed E-state index contributed by atoms with van der Waals surface area (Å²) in [6.07, 6.45) is 1.03. The number of carbonyl (C=O) groups excluding carboxylic acids is 1. The number of nitrogens with zero attached hydrogens (tertiary/aromatic N) is 1. The molecule has 5 nitrogen and oxygen atoms in total. The van der Waals surface area contributed by atoms with Gasteiger partial charge in [0, 0.05) is 23.2 Å². The number of aliphatic carboxylic acids is 1. The van der Waals surface area contributed by atoms with Gasteiger partial charge in [-0.05, 0) is 43.5 Å². The lowest BCUT2D eigenvalue weighted by atomic mass is 9.97. The Hall–Kier alpha value is -1.56. The summed E-state index contributed by atoms with van der Waals surface area (Å²) in [7, 11) is 0. The van der Waals surface area contributed by atoms with E-state index in [4.69, 9.17) is 5.11 Å². The van der Waals surface area contributed by atoms with Crippen molar-refractivity contribution in [2.24, 2.45) is 5.92 Å². The number of hydrogen-bond acceptors (Lipinski definition) is 2. The minimum Gasteiger partial charge on any atom is -0.481 e. The molecule has 1 aromatic rings. The molecule has 20 heavy (non-hydrogen) atoms. The topological polar surface area (TPSA) is 69.6 Å². The average Bonchev–Trinajstić information content (AvgIpc) is 2.37. The molecular weight excluding hydrogens is 324 g/mol. The van der Waals surface area contributed by atoms with Crippen LogP contribution in [0, 0.1) is 12.8 Å². The van der Waals surface area contributed by atoms with Gasteiger partial charge in [-0.2, -0.15) is 0 Å². The zero-order chi connectivity index (χ0) is 14.7. The summed E-state index contributed by atoms with van der Waals surface area (Å²) in [6.45, 7) is 2.92. The van der Waals surface area contributed by atoms with Crippen molar-refractivity contribution in [3.05, 3.63) is 28.2 Å². The molecule has 0 unspecified atom stereocenters. The number of hydrogen-bond donors (Lipinski definition) is 2. The average molecular weight is 341 g/mol. The Bertz CT molecular complexity index is 505. The highest BCUT2D eigenvalue weighted by Gasteiger charge is 2.26. The van der Waals surface area contributed by atoms with Gasteiger partial charge >= 0.3 is 12.0 Å². The number of nitrogens with one attached hydrogen (secondary N) is 1. The molecule has 108 valence electrons. The maximum Gasteiger partial charge on any atom is 0.321 e. The minimum atomic E-state index is -0.771. The van der Waals surface area contributed by atoms with Crippen molar-refractivity contribution in [3.63, 3.8) is 0 Å². The highest BCUT2D eigenvalue weighted by atomic mass is 79.9. The second-order valence-corrected chi connectivity index (χ2v) is 5.96. The van der Waals surface area contributed by atoms with Crippen molar-refractivity contribution < 1.29 is 14.7 Å². The van der Waals surface area contributed by atoms with Gasteiger partial charge in [0.25, 0.3) is 0 Å². The maximum atomic E-state index is 12.1. The SMILES string of the molecule is Cc1cc(Br)cc(NC(=O)N2CCC(C(=O)O)CC2)c1. The first-order chi connectivity index (χ1) is 9.45. The molecule has 0 bridgehead atoms. The molecule has 1 aliphatic rings. The Morgan fingerprint density at radius 2 is 1.95 bits per heavy atom. The fourth-order valence-corrected chi connectivity index (χ4v) is 2.95. The van der Waals surface area contributed by atoms with Crippen molar-refractivity contribution in [1.82, 2.24) is 4.90 Å². The van der Waals surface area contributed by atoms with E-state index >= 15 is 0 Å². The smallest absolute Gasteiger partial charge is 0.321 e. The molecule has 2 rings (SSSR count). The van der Waals surface area contributed by atoms with Crippen LogP contribution in [0.15, 0.2) is 22.7 Å². The van der Waals surface area contributed by atoms with E-state index in [9.17, 15) is 9.59 Å². The molecular formula is C14H17BrN2O3. The van der Waals surface area contributed by atoms with Crippen molar-refractivity contribution in [2.75, 3.05) is 18.4 Å². The standard InChI is InChI=1S/C14H17BrN2O3/c1-9-6-11(15)8-12(7-9)16-14(20)17-4-2-10(3-5-17)13(18)19/h6-8,10H,2-5H2,1H3,(H,16,20)(H,18,19). The molecule has 1 fully saturated rings. The summed E-state index contributed by atoms with van der Waals surface area (Å²) in [4.78, 5) is 24.7. The molecule has 1 saturated heterocycles. The van der Waals surface area contributed by atoms with Crippen molar-refractivity contribution in [2.45, 2.75) is 19.8 Å². The molecule has 1 heterocycles. The van der Waals surface area contributed by atoms with Gasteiger partial charge in [-0.1, -0.05) is 15.9 Å². The summed E-state index contributed by atoms with van der Waals surface area (Å²) >= 11 is 3.39. The number of likely N-dealkylation sites (tertiary alicyclic amines) is 1. The Kier molecular flexibility index (Phi) is 4.65. The molecule has 1 aromatic carbocycles. The number of amides is 2. The molecule has 2 amide bonds. The lowest BCUT2D eigenvalue weighted by molar-refractivity contribution is -0.143. The quantitative estimate of drug-likeness (QED) is 0.869. The third-order valence-corrected chi connectivity index (χ3v) is 3.88. The van der Waals surface area contributed by atoms with Crippen LogP contribution < -0.4 is 5.32 Å². The van der Waals surface area contributed by atoms with Gasteiger partial charge in [-0.3, -0.25) is 4.79 Å². The summed E-state index contributed by atoms with van der Waals surface area (Å²) in [5.74, 6) is -1.10. The third-order valence-electron chi connectivity index (χ3n) is 3.42. The predicted octanol–water partition coefficient (Wildman–Crippen LogP) is 3.09. The third kappa shape index (κ3) is 3.72. The van der Waals surface area contributed by atoms with Crippen LogP contribution in [-0.2, 0) is 4.79 Å². The first kappa shape index (κ1) is 14.8. The van der Waals surface area contributed by atoms with Crippen LogP contribution in [0.1, 0.15) is 18.4 Å². The molecule has 0 aromatic heterocycles. The summed E-state index contributed by atoms with van der Waals surface area (Å²) in [5, 5.41) is 11.8. The van der Waals surface area contributed by atoms with Crippen LogP contribution in [-0.4, -0.2) is 35.1 Å². The Labute approximate surface area is 126 Å². The molecule has 2 N–H and O–H groups in total. The highest BCUT2D eigenvalue weighted by molar-refractivity contribution is 9.10. The number of aryl methyl sites for hydroxylation is 1. The number of carboxylic acids is 1. The Morgan fingerprint density at radius 3 is 2.50 bits per heavy atom. The van der Waals surface area contributed by atoms with Crippen molar-refractivity contribution in [3.8, 4) is 0 Å². The van der Waals surface area contributed by atoms with Gasteiger partial charge in [0.1, 0.15) is 0 Å². The van der Waals surface area contributed by atoms with Crippen LogP contribution in [0.5, 0.6) is 0 Å². The van der Waals surface area contributed by atoms with Gasteiger partial charge in [0.2, 0.25) is 0 Å². The maximum absolute atomic E-state index is 12.1. The van der Waals surface area contributed by atoms with Gasteiger partial charge in [-0.25, -0.2) is 4.79 Å². The largest absolute Gasteiger partial charge is 0.481 e. The van der Waals surface area contributed by atoms with E-state index < -0.39 is 5.97 Å². The zero-order valence-corrected chi connectivity index (χ0v) is 12.8. The van der Waals surface area contributed by atoms with Crippen LogP contribution in [0.25, 0.3) is 0 Å². The Balaban J connectivity index is 1.94. The molecule has 0 aliphatic carbocycles. The number of rotatable bonds is 2. The molecule has 0 radical (unpaired) electrons. The molecule has 0 spiro atoms. The predicted molar refractivity (Wildman–Crippen MR) is 79.8 cm³/mol. The van der Waals surface area contributed by atoms with E-state index in [1.807, 2.05) is 25.1 Å². The van der Waals surface area contributed by atoms with E-state index in [2.05, 4.69) is 21.2 Å². The fraction of sp³-hybridized carbons (Fsp3) is 0.429. The number of carboxylic acid groups (broad SMARTS) is 1. The second kappa shape index (κ2) is 6.26. The van der Waals surface area contributed by atoms with Gasteiger partial charge in [0.15, 0.2) is 0 Å². The summed E-state index contributed by atoms with van der Waals surface area (Å²) in [6, 6.07) is 5.53. The number of anilines is 1. The zero-order valence-electron chi connectivity index (χ0n) is 11.2. The lowest BCUT2D eigenvalue weighted by Crippen LogP contribution is -2.42. The van der Waals surface area contributed by atoms with E-state index in [0.717, 1.165) is 15.7 Å². The first-order valence-corrected chi connectivity index (χ1v) is 7.31. The van der Waals surface area contributed by atoms with Gasteiger partial charge < -0.3 is 15.3 Å². The summed E-state index contributed by atoms with van der Waals surface area (Å²) in [5.41, 5.74) is 1.79. The van der Waals surface area contributed by atoms with Crippen LogP contribution in [0.2, 0.25) is 0 Å². The van der Waals surface area contributed by atoms with Gasteiger partial charge in [-0.15, -0.1) is 0 Å². The fourth-order valence-electron chi connectivity index (χ4n) is 2.34. The molecule has 6 heteroatoms. The minimum absolute atomic E-state index is 0.175. The van der Waals surface area contributed by atoms with Crippen LogP contribution in [0.3, 0.4) is 0 Å². The van der Waals surface area contributed by atoms with E-state index in [0.29, 0.717) is 25.9 Å². The number of carbonyl (C=O) groups is 2. The van der Waals surface area contributed by atoms with Crippen LogP contribution in [0.4, 0.5) is 10.5 Å². The second-order valence-electron chi connectivity index (χ2n) is 5.05. The molecule has 0 atom stereocenters. The van der Waals surface area contributed by atoms with Crippen molar-refractivity contribution in [1.29, 1.82) is 0 Å². The number of piperidine rings is 1. The van der Waals surface area contributed by atoms with Crippen LogP contribution >= 0.6 is 15.9 Å². The monoisotopic (exact) mass is 340 g/mol. The number of benzene rings is 1. The highest BCUT2D eigenvalue weighted by Crippen LogP contribution is 2.21. The molecule has 0 saturated carbocycles. The first-order valence-electron chi connectivity index (χ1n) is 6.51. The number of urea groups is 1. The number of halogens is 1. The van der Waals surface area contributed by atoms with Gasteiger partial charge in [0.05, 0.1) is 5.92 Å². The normalized spacial score (nSPS) is 16.0. The van der Waals surface area contributed by atoms with Crippen molar-refractivity contribution >= 4 is 33.6 Å². The van der Waals surface area contributed by atoms with E-state index in [1.165, 1.54) is 0 Å². The Morgan fingerprint density at radius 1 is 1.30 bits per heavy atom. The van der Waals surface area contributed by atoms with E-state index in [-0.39, 0.29) is 11.9 Å². The van der Waals surface area contributed by atoms with E-state index in [1.54, 1.807) is 4.90 Å². The lowest BCUT2D eigenvalue weighted by Gasteiger charge is -2.30. The summed E-state index contributed by atoms with van der Waals surface area (Å²) < 4.78 is 0.914.